The molecule has 0 aliphatic carbocycles. The lowest BCUT2D eigenvalue weighted by molar-refractivity contribution is 0.0754. The Kier molecular flexibility index (Phi) is 6.63. The average Bonchev–Trinajstić information content (AvgIpc) is 3.23. The van der Waals surface area contributed by atoms with E-state index in [4.69, 9.17) is 0 Å². The molecule has 1 aromatic carbocycles. The fourth-order valence-corrected chi connectivity index (χ4v) is 3.40. The van der Waals surface area contributed by atoms with Crippen molar-refractivity contribution in [2.24, 2.45) is 0 Å². The van der Waals surface area contributed by atoms with E-state index < -0.39 is 0 Å². The highest BCUT2D eigenvalue weighted by Crippen LogP contribution is 2.23. The van der Waals surface area contributed by atoms with Crippen LogP contribution < -0.4 is 10.2 Å². The molecule has 3 rings (SSSR count). The third-order valence-corrected chi connectivity index (χ3v) is 4.77. The molecule has 1 aliphatic heterocycles. The third-order valence-electron chi connectivity index (χ3n) is 4.77. The van der Waals surface area contributed by atoms with Gasteiger partial charge in [0.1, 0.15) is 0 Å². The van der Waals surface area contributed by atoms with Gasteiger partial charge in [-0.3, -0.25) is 4.79 Å². The SMILES string of the molecule is CCCN(CCC)C(=O)c1cnc(Nc2ccc(N3CCCC3)cc2)nc1. The summed E-state index contributed by atoms with van der Waals surface area (Å²) in [6, 6.07) is 8.33. The maximum absolute atomic E-state index is 12.6. The van der Waals surface area contributed by atoms with Crippen LogP contribution in [-0.4, -0.2) is 47.0 Å². The van der Waals surface area contributed by atoms with Crippen LogP contribution in [0.3, 0.4) is 0 Å². The molecule has 0 atom stereocenters. The van der Waals surface area contributed by atoms with E-state index in [1.54, 1.807) is 12.4 Å². The van der Waals surface area contributed by atoms with Crippen LogP contribution in [0.4, 0.5) is 17.3 Å². The minimum Gasteiger partial charge on any atom is -0.372 e. The Morgan fingerprint density at radius 2 is 1.63 bits per heavy atom. The number of benzene rings is 1. The average molecular weight is 367 g/mol. The second-order valence-corrected chi connectivity index (χ2v) is 6.95. The van der Waals surface area contributed by atoms with Crippen molar-refractivity contribution in [3.63, 3.8) is 0 Å². The molecule has 6 nitrogen and oxygen atoms in total. The summed E-state index contributed by atoms with van der Waals surface area (Å²) in [6.07, 6.45) is 7.64. The molecule has 1 N–H and O–H groups in total. The first-order chi connectivity index (χ1) is 13.2. The van der Waals surface area contributed by atoms with Crippen molar-refractivity contribution >= 4 is 23.2 Å². The first-order valence-corrected chi connectivity index (χ1v) is 9.94. The van der Waals surface area contributed by atoms with Gasteiger partial charge in [-0.1, -0.05) is 13.8 Å². The zero-order valence-electron chi connectivity index (χ0n) is 16.3. The molecule has 0 radical (unpaired) electrons. The van der Waals surface area contributed by atoms with E-state index in [9.17, 15) is 4.79 Å². The molecule has 0 unspecified atom stereocenters. The van der Waals surface area contributed by atoms with Crippen molar-refractivity contribution < 1.29 is 4.79 Å². The summed E-state index contributed by atoms with van der Waals surface area (Å²) >= 11 is 0. The Labute approximate surface area is 161 Å². The van der Waals surface area contributed by atoms with Gasteiger partial charge < -0.3 is 15.1 Å². The maximum atomic E-state index is 12.6. The van der Waals surface area contributed by atoms with Gasteiger partial charge in [0.15, 0.2) is 0 Å². The highest BCUT2D eigenvalue weighted by atomic mass is 16.2. The predicted octanol–water partition coefficient (Wildman–Crippen LogP) is 4.08. The Morgan fingerprint density at radius 1 is 1.04 bits per heavy atom. The quantitative estimate of drug-likeness (QED) is 0.762. The Hall–Kier alpha value is -2.63. The molecule has 2 heterocycles. The van der Waals surface area contributed by atoms with Gasteiger partial charge in [-0.15, -0.1) is 0 Å². The van der Waals surface area contributed by atoms with E-state index in [1.807, 2.05) is 17.0 Å². The molecule has 6 heteroatoms. The number of anilines is 3. The van der Waals surface area contributed by atoms with E-state index in [0.29, 0.717) is 11.5 Å². The largest absolute Gasteiger partial charge is 0.372 e. The molecule has 0 bridgehead atoms. The Balaban J connectivity index is 1.62. The second-order valence-electron chi connectivity index (χ2n) is 6.95. The fraction of sp³-hybridized carbons (Fsp3) is 0.476. The lowest BCUT2D eigenvalue weighted by Crippen LogP contribution is -2.32. The minimum absolute atomic E-state index is 0.000200. The molecule has 2 aromatic rings. The Bertz CT molecular complexity index is 717. The van der Waals surface area contributed by atoms with Gasteiger partial charge in [0, 0.05) is 49.9 Å². The van der Waals surface area contributed by atoms with Crippen molar-refractivity contribution in [1.29, 1.82) is 0 Å². The standard InChI is InChI=1S/C21H29N5O/c1-3-11-26(12-4-2)20(27)17-15-22-21(23-16-17)24-18-7-9-19(10-8-18)25-13-5-6-14-25/h7-10,15-16H,3-6,11-14H2,1-2H3,(H,22,23,24). The molecule has 1 aromatic heterocycles. The molecular formula is C21H29N5O. The first-order valence-electron chi connectivity index (χ1n) is 9.94. The molecule has 0 spiro atoms. The molecule has 1 aliphatic rings. The van der Waals surface area contributed by atoms with Crippen LogP contribution >= 0.6 is 0 Å². The topological polar surface area (TPSA) is 61.4 Å². The number of amides is 1. The first kappa shape index (κ1) is 19.1. The van der Waals surface area contributed by atoms with E-state index in [1.165, 1.54) is 18.5 Å². The van der Waals surface area contributed by atoms with Crippen LogP contribution in [0.15, 0.2) is 36.7 Å². The van der Waals surface area contributed by atoms with Gasteiger partial charge in [0.25, 0.3) is 5.91 Å². The third kappa shape index (κ3) is 4.96. The van der Waals surface area contributed by atoms with Gasteiger partial charge in [-0.2, -0.15) is 0 Å². The van der Waals surface area contributed by atoms with Crippen molar-refractivity contribution in [1.82, 2.24) is 14.9 Å². The van der Waals surface area contributed by atoms with Crippen molar-refractivity contribution in [2.45, 2.75) is 39.5 Å². The van der Waals surface area contributed by atoms with Crippen molar-refractivity contribution in [3.8, 4) is 0 Å². The van der Waals surface area contributed by atoms with Crippen LogP contribution in [0.5, 0.6) is 0 Å². The maximum Gasteiger partial charge on any atom is 0.256 e. The zero-order chi connectivity index (χ0) is 19.1. The van der Waals surface area contributed by atoms with Crippen LogP contribution in [0, 0.1) is 0 Å². The van der Waals surface area contributed by atoms with Crippen molar-refractivity contribution in [3.05, 3.63) is 42.2 Å². The zero-order valence-corrected chi connectivity index (χ0v) is 16.3. The lowest BCUT2D eigenvalue weighted by Gasteiger charge is -2.21. The summed E-state index contributed by atoms with van der Waals surface area (Å²) < 4.78 is 0. The van der Waals surface area contributed by atoms with Crippen LogP contribution in [0.2, 0.25) is 0 Å². The predicted molar refractivity (Wildman–Crippen MR) is 110 cm³/mol. The van der Waals surface area contributed by atoms with E-state index in [-0.39, 0.29) is 5.91 Å². The number of aromatic nitrogens is 2. The number of carbonyl (C=O) groups excluding carboxylic acids is 1. The summed E-state index contributed by atoms with van der Waals surface area (Å²) in [5, 5.41) is 3.20. The normalized spacial score (nSPS) is 13.6. The highest BCUT2D eigenvalue weighted by Gasteiger charge is 2.15. The second kappa shape index (κ2) is 9.35. The number of nitrogens with one attached hydrogen (secondary N) is 1. The van der Waals surface area contributed by atoms with Crippen LogP contribution in [0.25, 0.3) is 0 Å². The van der Waals surface area contributed by atoms with Gasteiger partial charge in [0.05, 0.1) is 5.56 Å². The molecule has 27 heavy (non-hydrogen) atoms. The Morgan fingerprint density at radius 3 is 2.19 bits per heavy atom. The summed E-state index contributed by atoms with van der Waals surface area (Å²) in [4.78, 5) is 25.5. The molecule has 1 saturated heterocycles. The van der Waals surface area contributed by atoms with E-state index in [0.717, 1.165) is 44.7 Å². The number of carbonyl (C=O) groups is 1. The smallest absolute Gasteiger partial charge is 0.256 e. The van der Waals surface area contributed by atoms with Gasteiger partial charge in [-0.25, -0.2) is 9.97 Å². The fourth-order valence-electron chi connectivity index (χ4n) is 3.40. The summed E-state index contributed by atoms with van der Waals surface area (Å²) in [5.74, 6) is 0.498. The van der Waals surface area contributed by atoms with E-state index in [2.05, 4.69) is 46.2 Å². The lowest BCUT2D eigenvalue weighted by atomic mass is 10.2. The monoisotopic (exact) mass is 367 g/mol. The molecule has 0 saturated carbocycles. The summed E-state index contributed by atoms with van der Waals surface area (Å²) in [5.41, 5.74) is 2.73. The molecule has 144 valence electrons. The van der Waals surface area contributed by atoms with Crippen molar-refractivity contribution in [2.75, 3.05) is 36.4 Å². The van der Waals surface area contributed by atoms with Crippen LogP contribution in [-0.2, 0) is 0 Å². The molecule has 1 amide bonds. The molecular weight excluding hydrogens is 338 g/mol. The number of nitrogens with zero attached hydrogens (tertiary/aromatic N) is 4. The van der Waals surface area contributed by atoms with Crippen LogP contribution in [0.1, 0.15) is 49.9 Å². The van der Waals surface area contributed by atoms with Gasteiger partial charge >= 0.3 is 0 Å². The number of hydrogen-bond donors (Lipinski definition) is 1. The number of hydrogen-bond acceptors (Lipinski definition) is 5. The van der Waals surface area contributed by atoms with Gasteiger partial charge in [0.2, 0.25) is 5.95 Å². The highest BCUT2D eigenvalue weighted by molar-refractivity contribution is 5.93. The molecule has 1 fully saturated rings. The summed E-state index contributed by atoms with van der Waals surface area (Å²) in [6.45, 7) is 7.95. The summed E-state index contributed by atoms with van der Waals surface area (Å²) in [7, 11) is 0. The number of rotatable bonds is 8. The van der Waals surface area contributed by atoms with E-state index >= 15 is 0 Å². The minimum atomic E-state index is 0.000200. The van der Waals surface area contributed by atoms with Gasteiger partial charge in [-0.05, 0) is 49.9 Å².